The molecule has 0 aliphatic rings. The minimum Gasteiger partial charge on any atom is -0.457 e. The van der Waals surface area contributed by atoms with Gasteiger partial charge in [-0.2, -0.15) is 0 Å². The summed E-state index contributed by atoms with van der Waals surface area (Å²) in [4.78, 5) is 22.5. The Labute approximate surface area is 318 Å². The van der Waals surface area contributed by atoms with Crippen molar-refractivity contribution in [3.63, 3.8) is 0 Å². The molecular formula is C42H79O9P. The smallest absolute Gasteiger partial charge is 0.457 e. The second kappa shape index (κ2) is 39.4. The van der Waals surface area contributed by atoms with Crippen molar-refractivity contribution >= 4 is 13.8 Å². The molecule has 0 bridgehead atoms. The summed E-state index contributed by atoms with van der Waals surface area (Å²) in [6.45, 7) is 3.42. The maximum Gasteiger partial charge on any atom is 0.472 e. The lowest BCUT2D eigenvalue weighted by atomic mass is 10.1. The summed E-state index contributed by atoms with van der Waals surface area (Å²) in [5.74, 6) is -0.392. The van der Waals surface area contributed by atoms with Gasteiger partial charge in [0.15, 0.2) is 0 Å². The van der Waals surface area contributed by atoms with E-state index in [9.17, 15) is 19.4 Å². The number of ether oxygens (including phenoxy) is 2. The van der Waals surface area contributed by atoms with Crippen LogP contribution in [-0.4, -0.2) is 66.3 Å². The summed E-state index contributed by atoms with van der Waals surface area (Å²) in [7, 11) is -4.52. The van der Waals surface area contributed by atoms with Crippen LogP contribution in [-0.2, 0) is 27.9 Å². The van der Waals surface area contributed by atoms with E-state index in [-0.39, 0.29) is 19.6 Å². The van der Waals surface area contributed by atoms with E-state index in [1.54, 1.807) is 0 Å². The number of carbonyl (C=O) groups excluding carboxylic acids is 1. The topological polar surface area (TPSA) is 132 Å². The maximum absolute atomic E-state index is 12.6. The van der Waals surface area contributed by atoms with E-state index in [1.165, 1.54) is 89.9 Å². The van der Waals surface area contributed by atoms with Gasteiger partial charge >= 0.3 is 13.8 Å². The lowest BCUT2D eigenvalue weighted by Crippen LogP contribution is -2.29. The highest BCUT2D eigenvalue weighted by atomic mass is 31.2. The zero-order valence-corrected chi connectivity index (χ0v) is 34.2. The fourth-order valence-electron chi connectivity index (χ4n) is 5.56. The third kappa shape index (κ3) is 38.4. The third-order valence-corrected chi connectivity index (χ3v) is 9.73. The van der Waals surface area contributed by atoms with Crippen molar-refractivity contribution in [2.75, 3.05) is 33.0 Å². The molecule has 306 valence electrons. The molecule has 0 aromatic carbocycles. The van der Waals surface area contributed by atoms with Crippen molar-refractivity contribution < 1.29 is 43.0 Å². The minimum atomic E-state index is -4.52. The highest BCUT2D eigenvalue weighted by molar-refractivity contribution is 7.47. The van der Waals surface area contributed by atoms with Gasteiger partial charge in [-0.15, -0.1) is 0 Å². The van der Waals surface area contributed by atoms with Crippen LogP contribution in [0.1, 0.15) is 181 Å². The molecule has 0 heterocycles. The number of rotatable bonds is 40. The quantitative estimate of drug-likeness (QED) is 0.0242. The van der Waals surface area contributed by atoms with Crippen molar-refractivity contribution in [2.24, 2.45) is 0 Å². The van der Waals surface area contributed by atoms with Gasteiger partial charge in [0.05, 0.1) is 26.4 Å². The first-order valence-electron chi connectivity index (χ1n) is 21.0. The Kier molecular flexibility index (Phi) is 38.4. The number of esters is 1. The Morgan fingerprint density at radius 3 is 1.63 bits per heavy atom. The van der Waals surface area contributed by atoms with Crippen molar-refractivity contribution in [3.05, 3.63) is 36.5 Å². The van der Waals surface area contributed by atoms with Gasteiger partial charge in [-0.25, -0.2) is 4.57 Å². The highest BCUT2D eigenvalue weighted by Gasteiger charge is 2.26. The molecule has 0 fully saturated rings. The molecule has 0 radical (unpaired) electrons. The predicted molar refractivity (Wildman–Crippen MR) is 214 cm³/mol. The largest absolute Gasteiger partial charge is 0.472 e. The average Bonchev–Trinajstić information content (AvgIpc) is 3.13. The summed E-state index contributed by atoms with van der Waals surface area (Å²) in [6.07, 6.45) is 41.0. The van der Waals surface area contributed by atoms with Gasteiger partial charge in [0, 0.05) is 13.0 Å². The van der Waals surface area contributed by atoms with Crippen LogP contribution in [0.2, 0.25) is 0 Å². The van der Waals surface area contributed by atoms with Gasteiger partial charge in [0.1, 0.15) is 12.2 Å². The van der Waals surface area contributed by atoms with Gasteiger partial charge in [-0.3, -0.25) is 13.8 Å². The lowest BCUT2D eigenvalue weighted by molar-refractivity contribution is -0.154. The Morgan fingerprint density at radius 2 is 1.08 bits per heavy atom. The van der Waals surface area contributed by atoms with Gasteiger partial charge in [-0.05, 0) is 64.2 Å². The number of allylic oxidation sites excluding steroid dienone is 6. The summed E-state index contributed by atoms with van der Waals surface area (Å²) in [5.41, 5.74) is 0. The first-order valence-corrected chi connectivity index (χ1v) is 22.5. The molecule has 0 aliphatic carbocycles. The van der Waals surface area contributed by atoms with E-state index in [2.05, 4.69) is 50.3 Å². The second-order valence-electron chi connectivity index (χ2n) is 14.0. The molecule has 0 saturated heterocycles. The van der Waals surface area contributed by atoms with Crippen LogP contribution < -0.4 is 0 Å². The monoisotopic (exact) mass is 759 g/mol. The highest BCUT2D eigenvalue weighted by Crippen LogP contribution is 2.43. The first kappa shape index (κ1) is 50.7. The molecule has 52 heavy (non-hydrogen) atoms. The fourth-order valence-corrected chi connectivity index (χ4v) is 6.35. The van der Waals surface area contributed by atoms with Gasteiger partial charge in [0.25, 0.3) is 0 Å². The van der Waals surface area contributed by atoms with Crippen LogP contribution in [0.15, 0.2) is 36.5 Å². The molecule has 0 aromatic rings. The predicted octanol–water partition coefficient (Wildman–Crippen LogP) is 11.3. The lowest BCUT2D eigenvalue weighted by Gasteiger charge is -2.20. The van der Waals surface area contributed by atoms with E-state index in [0.717, 1.165) is 70.6 Å². The molecule has 0 saturated carbocycles. The molecule has 0 aromatic heterocycles. The van der Waals surface area contributed by atoms with Crippen LogP contribution in [0.5, 0.6) is 0 Å². The van der Waals surface area contributed by atoms with E-state index < -0.39 is 39.2 Å². The maximum atomic E-state index is 12.6. The summed E-state index contributed by atoms with van der Waals surface area (Å²) >= 11 is 0. The van der Waals surface area contributed by atoms with Crippen LogP contribution in [0.4, 0.5) is 0 Å². The molecular weight excluding hydrogens is 679 g/mol. The van der Waals surface area contributed by atoms with Crippen LogP contribution in [0.25, 0.3) is 0 Å². The standard InChI is InChI=1S/C42H79O9P/c1-3-5-7-9-11-13-15-17-19-20-21-22-24-26-28-30-32-34-42(45)51-41(39-50-52(46,47)49-37-40(44)36-43)38-48-35-33-31-29-27-25-23-18-16-14-12-10-8-6-4-2/h8,10,14,16-17,19,40-41,43-44H,3-7,9,11-13,15,18,20-39H2,1-2H3,(H,46,47)/b10-8-,16-14-,19-17-. The molecule has 0 rings (SSSR count). The summed E-state index contributed by atoms with van der Waals surface area (Å²) in [6, 6.07) is 0. The van der Waals surface area contributed by atoms with E-state index in [1.807, 2.05) is 0 Å². The Bertz CT molecular complexity index is 908. The number of unbranched alkanes of at least 4 members (excludes halogenated alkanes) is 20. The van der Waals surface area contributed by atoms with Crippen LogP contribution in [0.3, 0.4) is 0 Å². The average molecular weight is 759 g/mol. The first-order chi connectivity index (χ1) is 25.3. The normalized spacial score (nSPS) is 14.5. The summed E-state index contributed by atoms with van der Waals surface area (Å²) in [5, 5.41) is 18.3. The number of aliphatic hydroxyl groups excluding tert-OH is 2. The number of aliphatic hydroxyl groups is 2. The SMILES string of the molecule is CCC/C=C\C/C=C\CCCCCCCCOCC(COP(=O)(O)OCC(O)CO)OC(=O)CCCCCCCCC/C=C\CCCCCCCC. The van der Waals surface area contributed by atoms with Gasteiger partial charge in [0.2, 0.25) is 0 Å². The molecule has 0 aliphatic heterocycles. The molecule has 9 nitrogen and oxygen atoms in total. The Morgan fingerprint density at radius 1 is 0.596 bits per heavy atom. The van der Waals surface area contributed by atoms with E-state index >= 15 is 0 Å². The molecule has 3 atom stereocenters. The third-order valence-electron chi connectivity index (χ3n) is 8.78. The van der Waals surface area contributed by atoms with Crippen molar-refractivity contribution in [1.82, 2.24) is 0 Å². The molecule has 3 N–H and O–H groups in total. The summed E-state index contributed by atoms with van der Waals surface area (Å²) < 4.78 is 33.3. The second-order valence-corrected chi connectivity index (χ2v) is 15.5. The van der Waals surface area contributed by atoms with Crippen LogP contribution in [0, 0.1) is 0 Å². The fraction of sp³-hybridized carbons (Fsp3) is 0.833. The van der Waals surface area contributed by atoms with Crippen molar-refractivity contribution in [1.29, 1.82) is 0 Å². The van der Waals surface area contributed by atoms with Gasteiger partial charge < -0.3 is 24.6 Å². The molecule has 0 amide bonds. The molecule has 3 unspecified atom stereocenters. The minimum absolute atomic E-state index is 0.0409. The Hall–Kier alpha value is -1.32. The van der Waals surface area contributed by atoms with E-state index in [4.69, 9.17) is 23.6 Å². The number of carbonyl (C=O) groups is 1. The number of phosphoric acid groups is 1. The molecule has 10 heteroatoms. The zero-order valence-electron chi connectivity index (χ0n) is 33.3. The van der Waals surface area contributed by atoms with E-state index in [0.29, 0.717) is 6.61 Å². The Balaban J connectivity index is 4.20. The zero-order chi connectivity index (χ0) is 38.2. The van der Waals surface area contributed by atoms with Crippen LogP contribution >= 0.6 is 7.82 Å². The number of hydrogen-bond acceptors (Lipinski definition) is 8. The van der Waals surface area contributed by atoms with Crippen molar-refractivity contribution in [2.45, 2.75) is 193 Å². The number of hydrogen-bond donors (Lipinski definition) is 3. The van der Waals surface area contributed by atoms with Crippen molar-refractivity contribution in [3.8, 4) is 0 Å². The molecule has 0 spiro atoms. The van der Waals surface area contributed by atoms with Gasteiger partial charge in [-0.1, -0.05) is 147 Å². The number of phosphoric ester groups is 1.